The van der Waals surface area contributed by atoms with E-state index >= 15 is 0 Å². The Morgan fingerprint density at radius 3 is 3.12 bits per heavy atom. The third-order valence-electron chi connectivity index (χ3n) is 2.49. The molecule has 76 valence electrons. The first-order chi connectivity index (χ1) is 7.88. The van der Waals surface area contributed by atoms with Crippen molar-refractivity contribution >= 4 is 11.0 Å². The molecular weight excluding hydrogens is 202 g/mol. The van der Waals surface area contributed by atoms with Crippen molar-refractivity contribution in [3.05, 3.63) is 42.6 Å². The zero-order valence-electron chi connectivity index (χ0n) is 8.27. The molecule has 0 fully saturated rings. The van der Waals surface area contributed by atoms with E-state index in [1.165, 1.54) is 0 Å². The highest BCUT2D eigenvalue weighted by Gasteiger charge is 2.08. The van der Waals surface area contributed by atoms with Crippen LogP contribution in [0.25, 0.3) is 22.2 Å². The molecule has 0 unspecified atom stereocenters. The lowest BCUT2D eigenvalue weighted by atomic mass is 10.1. The molecule has 1 N–H and O–H groups in total. The number of rotatable bonds is 1. The van der Waals surface area contributed by atoms with Gasteiger partial charge in [-0.1, -0.05) is 0 Å². The molecule has 4 nitrogen and oxygen atoms in total. The summed E-state index contributed by atoms with van der Waals surface area (Å²) in [5, 5.41) is 9.77. The van der Waals surface area contributed by atoms with E-state index in [1.807, 2.05) is 18.3 Å². The van der Waals surface area contributed by atoms with Crippen molar-refractivity contribution in [2.24, 2.45) is 0 Å². The average molecular weight is 209 g/mol. The van der Waals surface area contributed by atoms with Crippen molar-refractivity contribution in [3.63, 3.8) is 0 Å². The molecule has 0 spiro atoms. The molecule has 0 amide bonds. The first-order valence-electron chi connectivity index (χ1n) is 4.78. The van der Waals surface area contributed by atoms with Gasteiger partial charge in [0.25, 0.3) is 0 Å². The largest absolute Gasteiger partial charge is 0.472 e. The van der Waals surface area contributed by atoms with E-state index < -0.39 is 0 Å². The number of hydrogen-bond donors (Lipinski definition) is 1. The van der Waals surface area contributed by atoms with Crippen LogP contribution in [0.4, 0.5) is 0 Å². The highest BCUT2D eigenvalue weighted by atomic mass is 16.3. The summed E-state index contributed by atoms with van der Waals surface area (Å²) in [6, 6.07) is 5.78. The molecule has 3 aromatic rings. The van der Waals surface area contributed by atoms with Crippen molar-refractivity contribution < 1.29 is 4.42 Å². The number of fused-ring (bicyclic) bond motifs is 1. The summed E-state index contributed by atoms with van der Waals surface area (Å²) in [5.41, 5.74) is 3.29. The van der Waals surface area contributed by atoms with Crippen LogP contribution in [0, 0.1) is 11.3 Å². The standard InChI is InChI=1S/C12H7N3O/c13-4-8-3-10-11(9-1-2-16-7-9)6-15-12(10)14-5-8/h1-3,5-7H,(H,14,15). The number of nitrogens with one attached hydrogen (secondary N) is 1. The zero-order valence-corrected chi connectivity index (χ0v) is 8.27. The summed E-state index contributed by atoms with van der Waals surface area (Å²) in [4.78, 5) is 7.24. The fourth-order valence-electron chi connectivity index (χ4n) is 1.72. The Morgan fingerprint density at radius 1 is 1.44 bits per heavy atom. The van der Waals surface area contributed by atoms with E-state index in [4.69, 9.17) is 9.68 Å². The molecule has 0 saturated carbocycles. The summed E-state index contributed by atoms with van der Waals surface area (Å²) in [7, 11) is 0. The summed E-state index contributed by atoms with van der Waals surface area (Å²) in [5.74, 6) is 0. The molecular formula is C12H7N3O. The average Bonchev–Trinajstić information content (AvgIpc) is 2.96. The van der Waals surface area contributed by atoms with Gasteiger partial charge in [0.2, 0.25) is 0 Å². The van der Waals surface area contributed by atoms with Crippen molar-refractivity contribution in [2.45, 2.75) is 0 Å². The molecule has 0 radical (unpaired) electrons. The van der Waals surface area contributed by atoms with Gasteiger partial charge >= 0.3 is 0 Å². The van der Waals surface area contributed by atoms with Crippen LogP contribution in [0.1, 0.15) is 5.56 Å². The maximum Gasteiger partial charge on any atom is 0.137 e. The highest BCUT2D eigenvalue weighted by molar-refractivity contribution is 5.93. The minimum Gasteiger partial charge on any atom is -0.472 e. The van der Waals surface area contributed by atoms with Crippen molar-refractivity contribution in [3.8, 4) is 17.2 Å². The minimum absolute atomic E-state index is 0.553. The van der Waals surface area contributed by atoms with E-state index in [9.17, 15) is 0 Å². The number of pyridine rings is 1. The quantitative estimate of drug-likeness (QED) is 0.670. The molecule has 3 heterocycles. The van der Waals surface area contributed by atoms with Crippen LogP contribution < -0.4 is 0 Å². The van der Waals surface area contributed by atoms with Gasteiger partial charge in [-0.05, 0) is 12.1 Å². The molecule has 0 aliphatic carbocycles. The second-order valence-electron chi connectivity index (χ2n) is 3.45. The van der Waals surface area contributed by atoms with E-state index in [2.05, 4.69) is 16.0 Å². The SMILES string of the molecule is N#Cc1cnc2[nH]cc(-c3ccoc3)c2c1. The third kappa shape index (κ3) is 1.19. The number of aromatic nitrogens is 2. The fourth-order valence-corrected chi connectivity index (χ4v) is 1.72. The molecule has 4 heteroatoms. The zero-order chi connectivity index (χ0) is 11.0. The lowest BCUT2D eigenvalue weighted by Crippen LogP contribution is -1.80. The Hall–Kier alpha value is -2.54. The van der Waals surface area contributed by atoms with Crippen molar-refractivity contribution in [1.82, 2.24) is 9.97 Å². The molecule has 0 atom stereocenters. The van der Waals surface area contributed by atoms with Gasteiger partial charge in [-0.3, -0.25) is 0 Å². The Kier molecular flexibility index (Phi) is 1.77. The van der Waals surface area contributed by atoms with E-state index in [0.29, 0.717) is 5.56 Å². The van der Waals surface area contributed by atoms with Gasteiger partial charge in [0.05, 0.1) is 18.1 Å². The van der Waals surface area contributed by atoms with Gasteiger partial charge in [-0.25, -0.2) is 4.98 Å². The summed E-state index contributed by atoms with van der Waals surface area (Å²) in [6.07, 6.45) is 6.71. The Balaban J connectivity index is 2.31. The fraction of sp³-hybridized carbons (Fsp3) is 0. The van der Waals surface area contributed by atoms with Crippen LogP contribution >= 0.6 is 0 Å². The Bertz CT molecular complexity index is 674. The molecule has 3 aromatic heterocycles. The van der Waals surface area contributed by atoms with Gasteiger partial charge in [0, 0.05) is 28.9 Å². The van der Waals surface area contributed by atoms with Crippen LogP contribution in [0.5, 0.6) is 0 Å². The van der Waals surface area contributed by atoms with Gasteiger partial charge in [-0.2, -0.15) is 5.26 Å². The first-order valence-corrected chi connectivity index (χ1v) is 4.78. The first kappa shape index (κ1) is 8.74. The number of aromatic amines is 1. The molecule has 0 saturated heterocycles. The second kappa shape index (κ2) is 3.24. The maximum atomic E-state index is 8.84. The number of nitriles is 1. The molecule has 16 heavy (non-hydrogen) atoms. The second-order valence-corrected chi connectivity index (χ2v) is 3.45. The number of furan rings is 1. The number of hydrogen-bond acceptors (Lipinski definition) is 3. The normalized spacial score (nSPS) is 10.4. The molecule has 0 aliphatic rings. The topological polar surface area (TPSA) is 65.6 Å². The van der Waals surface area contributed by atoms with Crippen molar-refractivity contribution in [1.29, 1.82) is 5.26 Å². The van der Waals surface area contributed by atoms with Gasteiger partial charge in [0.15, 0.2) is 0 Å². The lowest BCUT2D eigenvalue weighted by Gasteiger charge is -1.94. The minimum atomic E-state index is 0.553. The smallest absolute Gasteiger partial charge is 0.137 e. The van der Waals surface area contributed by atoms with Crippen LogP contribution in [0.15, 0.2) is 41.5 Å². The molecule has 3 rings (SSSR count). The van der Waals surface area contributed by atoms with Crippen LogP contribution in [-0.4, -0.2) is 9.97 Å². The lowest BCUT2D eigenvalue weighted by molar-refractivity contribution is 0.568. The van der Waals surface area contributed by atoms with Crippen LogP contribution in [0.2, 0.25) is 0 Å². The van der Waals surface area contributed by atoms with E-state index in [0.717, 1.165) is 22.2 Å². The molecule has 0 aliphatic heterocycles. The summed E-state index contributed by atoms with van der Waals surface area (Å²) < 4.78 is 5.04. The van der Waals surface area contributed by atoms with Gasteiger partial charge < -0.3 is 9.40 Å². The van der Waals surface area contributed by atoms with Crippen molar-refractivity contribution in [2.75, 3.05) is 0 Å². The molecule has 0 aromatic carbocycles. The Morgan fingerprint density at radius 2 is 2.38 bits per heavy atom. The van der Waals surface area contributed by atoms with Crippen LogP contribution in [-0.2, 0) is 0 Å². The van der Waals surface area contributed by atoms with Gasteiger partial charge in [-0.15, -0.1) is 0 Å². The summed E-state index contributed by atoms with van der Waals surface area (Å²) in [6.45, 7) is 0. The monoisotopic (exact) mass is 209 g/mol. The number of nitrogens with zero attached hydrogens (tertiary/aromatic N) is 2. The predicted octanol–water partition coefficient (Wildman–Crippen LogP) is 2.69. The highest BCUT2D eigenvalue weighted by Crippen LogP contribution is 2.28. The molecule has 0 bridgehead atoms. The van der Waals surface area contributed by atoms with E-state index in [1.54, 1.807) is 18.7 Å². The maximum absolute atomic E-state index is 8.84. The number of H-pyrrole nitrogens is 1. The Labute approximate surface area is 91.2 Å². The third-order valence-corrected chi connectivity index (χ3v) is 2.49. The van der Waals surface area contributed by atoms with Gasteiger partial charge in [0.1, 0.15) is 11.7 Å². The van der Waals surface area contributed by atoms with Crippen LogP contribution in [0.3, 0.4) is 0 Å². The van der Waals surface area contributed by atoms with E-state index in [-0.39, 0.29) is 0 Å². The predicted molar refractivity (Wildman–Crippen MR) is 58.5 cm³/mol. The summed E-state index contributed by atoms with van der Waals surface area (Å²) >= 11 is 0.